The lowest BCUT2D eigenvalue weighted by atomic mass is 10.2. The molecule has 1 fully saturated rings. The van der Waals surface area contributed by atoms with E-state index in [1.165, 1.54) is 25.7 Å². The molecule has 1 rings (SSSR count). The standard InChI is InChI=1S/C14H29N3O/c1-3-15-14(17-13-9-5-6-10-13)16-11-7-8-12-18-4-2/h13H,3-12H2,1-2H3,(H2,15,16,17). The minimum absolute atomic E-state index is 0.631. The highest BCUT2D eigenvalue weighted by Gasteiger charge is 2.15. The van der Waals surface area contributed by atoms with E-state index in [0.717, 1.165) is 45.1 Å². The van der Waals surface area contributed by atoms with Gasteiger partial charge in [0.1, 0.15) is 0 Å². The van der Waals surface area contributed by atoms with Crippen LogP contribution in [0.4, 0.5) is 0 Å². The summed E-state index contributed by atoms with van der Waals surface area (Å²) >= 11 is 0. The number of nitrogens with one attached hydrogen (secondary N) is 2. The third-order valence-electron chi connectivity index (χ3n) is 3.21. The van der Waals surface area contributed by atoms with E-state index in [1.54, 1.807) is 0 Å². The van der Waals surface area contributed by atoms with Crippen molar-refractivity contribution in [1.82, 2.24) is 10.6 Å². The molecule has 4 heteroatoms. The zero-order valence-electron chi connectivity index (χ0n) is 12.0. The fourth-order valence-corrected chi connectivity index (χ4v) is 2.23. The number of nitrogens with zero attached hydrogens (tertiary/aromatic N) is 1. The minimum atomic E-state index is 0.631. The van der Waals surface area contributed by atoms with Gasteiger partial charge in [-0.15, -0.1) is 0 Å². The lowest BCUT2D eigenvalue weighted by molar-refractivity contribution is 0.144. The monoisotopic (exact) mass is 255 g/mol. The van der Waals surface area contributed by atoms with Gasteiger partial charge in [0.25, 0.3) is 0 Å². The summed E-state index contributed by atoms with van der Waals surface area (Å²) < 4.78 is 5.32. The molecule has 0 atom stereocenters. The van der Waals surface area contributed by atoms with E-state index in [-0.39, 0.29) is 0 Å². The number of rotatable bonds is 8. The van der Waals surface area contributed by atoms with Crippen molar-refractivity contribution in [2.45, 2.75) is 58.4 Å². The van der Waals surface area contributed by atoms with E-state index in [2.05, 4.69) is 22.5 Å². The van der Waals surface area contributed by atoms with Gasteiger partial charge in [-0.25, -0.2) is 0 Å². The lowest BCUT2D eigenvalue weighted by Crippen LogP contribution is -2.42. The Bertz CT molecular complexity index is 225. The summed E-state index contributed by atoms with van der Waals surface area (Å²) in [4.78, 5) is 4.61. The number of ether oxygens (including phenoxy) is 1. The summed E-state index contributed by atoms with van der Waals surface area (Å²) in [6, 6.07) is 0.631. The van der Waals surface area contributed by atoms with Crippen LogP contribution in [-0.4, -0.2) is 38.3 Å². The molecular formula is C14H29N3O. The Kier molecular flexibility index (Phi) is 8.65. The van der Waals surface area contributed by atoms with Crippen molar-refractivity contribution in [3.63, 3.8) is 0 Å². The maximum atomic E-state index is 5.32. The van der Waals surface area contributed by atoms with E-state index >= 15 is 0 Å². The van der Waals surface area contributed by atoms with E-state index in [4.69, 9.17) is 4.74 Å². The molecule has 1 aliphatic carbocycles. The van der Waals surface area contributed by atoms with Gasteiger partial charge < -0.3 is 15.4 Å². The Labute approximate surface area is 112 Å². The van der Waals surface area contributed by atoms with Crippen LogP contribution in [0.5, 0.6) is 0 Å². The fraction of sp³-hybridized carbons (Fsp3) is 0.929. The number of unbranched alkanes of at least 4 members (excludes halogenated alkanes) is 1. The van der Waals surface area contributed by atoms with Crippen LogP contribution in [0.2, 0.25) is 0 Å². The van der Waals surface area contributed by atoms with Gasteiger partial charge in [0.05, 0.1) is 0 Å². The van der Waals surface area contributed by atoms with E-state index in [0.29, 0.717) is 6.04 Å². The second-order valence-electron chi connectivity index (χ2n) is 4.79. The molecule has 1 aliphatic rings. The number of guanidine groups is 1. The second kappa shape index (κ2) is 10.2. The minimum Gasteiger partial charge on any atom is -0.382 e. The van der Waals surface area contributed by atoms with Gasteiger partial charge >= 0.3 is 0 Å². The normalized spacial score (nSPS) is 17.1. The first-order valence-electron chi connectivity index (χ1n) is 7.49. The van der Waals surface area contributed by atoms with Crippen LogP contribution in [0.15, 0.2) is 4.99 Å². The van der Waals surface area contributed by atoms with E-state index < -0.39 is 0 Å². The number of hydrogen-bond donors (Lipinski definition) is 2. The summed E-state index contributed by atoms with van der Waals surface area (Å²) in [6.07, 6.45) is 7.47. The average Bonchev–Trinajstić information content (AvgIpc) is 2.86. The molecule has 0 heterocycles. The topological polar surface area (TPSA) is 45.7 Å². The van der Waals surface area contributed by atoms with Crippen LogP contribution in [0.25, 0.3) is 0 Å². The lowest BCUT2D eigenvalue weighted by Gasteiger charge is -2.16. The zero-order chi connectivity index (χ0) is 13.1. The number of hydrogen-bond acceptors (Lipinski definition) is 2. The molecule has 0 aliphatic heterocycles. The van der Waals surface area contributed by atoms with Crippen LogP contribution < -0.4 is 10.6 Å². The molecule has 106 valence electrons. The quantitative estimate of drug-likeness (QED) is 0.397. The first-order valence-corrected chi connectivity index (χ1v) is 7.49. The van der Waals surface area contributed by atoms with Crippen molar-refractivity contribution in [1.29, 1.82) is 0 Å². The fourth-order valence-electron chi connectivity index (χ4n) is 2.23. The Morgan fingerprint density at radius 2 is 2.00 bits per heavy atom. The van der Waals surface area contributed by atoms with Gasteiger partial charge in [-0.2, -0.15) is 0 Å². The van der Waals surface area contributed by atoms with Gasteiger partial charge in [0, 0.05) is 32.3 Å². The molecule has 0 saturated heterocycles. The maximum absolute atomic E-state index is 5.32. The average molecular weight is 255 g/mol. The van der Waals surface area contributed by atoms with Crippen LogP contribution in [0, 0.1) is 0 Å². The predicted octanol–water partition coefficient (Wildman–Crippen LogP) is 2.30. The van der Waals surface area contributed by atoms with Crippen LogP contribution >= 0.6 is 0 Å². The summed E-state index contributed by atoms with van der Waals surface area (Å²) in [7, 11) is 0. The molecule has 18 heavy (non-hydrogen) atoms. The van der Waals surface area contributed by atoms with E-state index in [9.17, 15) is 0 Å². The van der Waals surface area contributed by atoms with Crippen LogP contribution in [0.3, 0.4) is 0 Å². The van der Waals surface area contributed by atoms with Gasteiger partial charge in [-0.3, -0.25) is 4.99 Å². The predicted molar refractivity (Wildman–Crippen MR) is 77.1 cm³/mol. The number of aliphatic imine (C=N–C) groups is 1. The van der Waals surface area contributed by atoms with Crippen molar-refractivity contribution in [3.8, 4) is 0 Å². The molecular weight excluding hydrogens is 226 g/mol. The molecule has 0 spiro atoms. The molecule has 1 saturated carbocycles. The SMILES string of the molecule is CCNC(=NCCCCOCC)NC1CCCC1. The van der Waals surface area contributed by atoms with Crippen LogP contribution in [-0.2, 0) is 4.74 Å². The van der Waals surface area contributed by atoms with Crippen molar-refractivity contribution < 1.29 is 4.74 Å². The molecule has 0 aromatic heterocycles. The second-order valence-corrected chi connectivity index (χ2v) is 4.79. The Morgan fingerprint density at radius 1 is 1.22 bits per heavy atom. The first kappa shape index (κ1) is 15.3. The molecule has 2 N–H and O–H groups in total. The molecule has 0 radical (unpaired) electrons. The third kappa shape index (κ3) is 6.84. The Hall–Kier alpha value is -0.770. The Morgan fingerprint density at radius 3 is 2.67 bits per heavy atom. The highest BCUT2D eigenvalue weighted by Crippen LogP contribution is 2.17. The van der Waals surface area contributed by atoms with Gasteiger partial charge in [0.2, 0.25) is 0 Å². The molecule has 0 amide bonds. The van der Waals surface area contributed by atoms with Crippen molar-refractivity contribution in [2.75, 3.05) is 26.3 Å². The van der Waals surface area contributed by atoms with Gasteiger partial charge in [-0.05, 0) is 39.5 Å². The van der Waals surface area contributed by atoms with Crippen molar-refractivity contribution in [2.24, 2.45) is 4.99 Å². The van der Waals surface area contributed by atoms with E-state index in [1.807, 2.05) is 6.92 Å². The Balaban J connectivity index is 2.17. The van der Waals surface area contributed by atoms with Gasteiger partial charge in [-0.1, -0.05) is 12.8 Å². The maximum Gasteiger partial charge on any atom is 0.191 e. The van der Waals surface area contributed by atoms with Crippen LogP contribution in [0.1, 0.15) is 52.4 Å². The summed E-state index contributed by atoms with van der Waals surface area (Å²) in [5.41, 5.74) is 0. The molecule has 0 aromatic rings. The van der Waals surface area contributed by atoms with Crippen molar-refractivity contribution >= 4 is 5.96 Å². The van der Waals surface area contributed by atoms with Crippen molar-refractivity contribution in [3.05, 3.63) is 0 Å². The highest BCUT2D eigenvalue weighted by atomic mass is 16.5. The smallest absolute Gasteiger partial charge is 0.191 e. The third-order valence-corrected chi connectivity index (χ3v) is 3.21. The van der Waals surface area contributed by atoms with Gasteiger partial charge in [0.15, 0.2) is 5.96 Å². The molecule has 0 unspecified atom stereocenters. The highest BCUT2D eigenvalue weighted by molar-refractivity contribution is 5.80. The first-order chi connectivity index (χ1) is 8.86. The summed E-state index contributed by atoms with van der Waals surface area (Å²) in [5, 5.41) is 6.85. The molecule has 4 nitrogen and oxygen atoms in total. The summed E-state index contributed by atoms with van der Waals surface area (Å²) in [5.74, 6) is 0.987. The summed E-state index contributed by atoms with van der Waals surface area (Å²) in [6.45, 7) is 7.63. The zero-order valence-corrected chi connectivity index (χ0v) is 12.0. The largest absolute Gasteiger partial charge is 0.382 e. The molecule has 0 aromatic carbocycles. The molecule has 0 bridgehead atoms.